The lowest BCUT2D eigenvalue weighted by Gasteiger charge is -3.12. The molecule has 8 aromatic rings. The van der Waals surface area contributed by atoms with E-state index in [9.17, 15) is 0 Å². The molecule has 6 aliphatic rings. The summed E-state index contributed by atoms with van der Waals surface area (Å²) in [7, 11) is 0. The minimum Gasteiger partial charge on any atom is -0.309 e. The Balaban J connectivity index is 0.909. The van der Waals surface area contributed by atoms with E-state index in [0.717, 1.165) is 35.5 Å². The van der Waals surface area contributed by atoms with Crippen LogP contribution in [0.25, 0.3) is 55.0 Å². The Hall–Kier alpha value is -5.08. The quantitative estimate of drug-likeness (QED) is 0.194. The van der Waals surface area contributed by atoms with Crippen LogP contribution in [0.15, 0.2) is 146 Å². The summed E-state index contributed by atoms with van der Waals surface area (Å²) in [5.74, 6) is 5.30. The lowest BCUT2D eigenvalue weighted by atomic mass is 8.91. The third kappa shape index (κ3) is 2.11. The van der Waals surface area contributed by atoms with E-state index in [2.05, 4.69) is 155 Å². The average molecular weight is 587 g/mol. The van der Waals surface area contributed by atoms with Gasteiger partial charge in [0, 0.05) is 43.7 Å². The van der Waals surface area contributed by atoms with Crippen LogP contribution < -0.4 is 0 Å². The highest BCUT2D eigenvalue weighted by atomic mass is 15.1. The van der Waals surface area contributed by atoms with E-state index in [-0.39, 0.29) is 0 Å². The summed E-state index contributed by atoms with van der Waals surface area (Å²) in [5, 5.41) is 5.58. The minimum absolute atomic E-state index is 0.458. The fourth-order valence-corrected chi connectivity index (χ4v) is 12.9. The number of rotatable bonds is 4. The smallest absolute Gasteiger partial charge is 0.0541 e. The van der Waals surface area contributed by atoms with E-state index in [1.54, 1.807) is 11.1 Å². The Labute approximate surface area is 266 Å². The minimum atomic E-state index is 0.458. The number of aromatic nitrogens is 2. The molecule has 14 rings (SSSR count). The summed E-state index contributed by atoms with van der Waals surface area (Å²) in [4.78, 5) is 0. The Kier molecular flexibility index (Phi) is 3.70. The van der Waals surface area contributed by atoms with Crippen LogP contribution in [0, 0.1) is 35.5 Å². The SMILES string of the molecule is c1ccc(-n2c3ccccc3c3cc(C45C6C7C4C4C5C6C74c4ccc5c(c4)c4ccccc4n5-c4ccccc4)ccc32)cc1. The van der Waals surface area contributed by atoms with Crippen molar-refractivity contribution < 1.29 is 0 Å². The van der Waals surface area contributed by atoms with Gasteiger partial charge in [-0.2, -0.15) is 0 Å². The zero-order valence-electron chi connectivity index (χ0n) is 25.2. The van der Waals surface area contributed by atoms with Gasteiger partial charge in [0.15, 0.2) is 0 Å². The molecule has 0 N–H and O–H groups in total. The molecular weight excluding hydrogens is 556 g/mol. The molecule has 0 spiro atoms. The van der Waals surface area contributed by atoms with Gasteiger partial charge in [0.05, 0.1) is 22.1 Å². The highest BCUT2D eigenvalue weighted by Gasteiger charge is 3.09. The summed E-state index contributed by atoms with van der Waals surface area (Å²) in [6, 6.07) is 54.8. The number of para-hydroxylation sites is 4. The average Bonchev–Trinajstić information content (AvgIpc) is 3.64. The van der Waals surface area contributed by atoms with Gasteiger partial charge in [-0.3, -0.25) is 0 Å². The predicted molar refractivity (Wildman–Crippen MR) is 186 cm³/mol. The highest BCUT2D eigenvalue weighted by Crippen LogP contribution is 3.09. The van der Waals surface area contributed by atoms with E-state index < -0.39 is 0 Å². The Morgan fingerprint density at radius 1 is 0.326 bits per heavy atom. The Morgan fingerprint density at radius 3 is 1.09 bits per heavy atom. The van der Waals surface area contributed by atoms with Crippen molar-refractivity contribution >= 4 is 43.6 Å². The summed E-state index contributed by atoms with van der Waals surface area (Å²) in [6.45, 7) is 0. The van der Waals surface area contributed by atoms with Crippen LogP contribution in [-0.4, -0.2) is 9.13 Å². The molecular formula is C44H30N2. The molecule has 2 heterocycles. The molecule has 0 radical (unpaired) electrons. The summed E-state index contributed by atoms with van der Waals surface area (Å²) >= 11 is 0. The number of hydrogen-bond acceptors (Lipinski definition) is 0. The summed E-state index contributed by atoms with van der Waals surface area (Å²) in [5.41, 5.74) is 11.9. The molecule has 6 saturated carbocycles. The van der Waals surface area contributed by atoms with Crippen LogP contribution >= 0.6 is 0 Å². The van der Waals surface area contributed by atoms with Crippen LogP contribution in [0.3, 0.4) is 0 Å². The first-order valence-electron chi connectivity index (χ1n) is 17.0. The lowest BCUT2D eigenvalue weighted by Crippen LogP contribution is -3.12. The van der Waals surface area contributed by atoms with Gasteiger partial charge in [0.1, 0.15) is 0 Å². The van der Waals surface area contributed by atoms with Crippen LogP contribution in [0.5, 0.6) is 0 Å². The molecule has 0 aliphatic heterocycles. The van der Waals surface area contributed by atoms with Gasteiger partial charge in [0.25, 0.3) is 0 Å². The molecule has 2 aromatic heterocycles. The van der Waals surface area contributed by atoms with Crippen molar-refractivity contribution in [2.75, 3.05) is 0 Å². The number of benzene rings is 6. The first-order valence-corrected chi connectivity index (χ1v) is 17.0. The zero-order chi connectivity index (χ0) is 29.5. The van der Waals surface area contributed by atoms with Gasteiger partial charge in [-0.25, -0.2) is 0 Å². The maximum Gasteiger partial charge on any atom is 0.0541 e. The Bertz CT molecular complexity index is 2400. The first-order chi connectivity index (χ1) is 22.8. The highest BCUT2D eigenvalue weighted by molar-refractivity contribution is 6.10. The second-order valence-corrected chi connectivity index (χ2v) is 14.9. The van der Waals surface area contributed by atoms with Crippen molar-refractivity contribution in [2.24, 2.45) is 35.5 Å². The Morgan fingerprint density at radius 2 is 0.674 bits per heavy atom. The van der Waals surface area contributed by atoms with Crippen molar-refractivity contribution in [1.82, 2.24) is 9.13 Å². The van der Waals surface area contributed by atoms with Crippen molar-refractivity contribution in [2.45, 2.75) is 10.8 Å². The molecule has 216 valence electrons. The molecule has 0 unspecified atom stereocenters. The van der Waals surface area contributed by atoms with Crippen molar-refractivity contribution in [3.8, 4) is 11.4 Å². The second kappa shape index (κ2) is 7.32. The first kappa shape index (κ1) is 23.3. The van der Waals surface area contributed by atoms with Crippen LogP contribution in [-0.2, 0) is 10.8 Å². The fraction of sp³-hybridized carbons (Fsp3) is 0.182. The molecule has 0 amide bonds. The van der Waals surface area contributed by atoms with Crippen LogP contribution in [0.1, 0.15) is 11.1 Å². The molecule has 6 aromatic carbocycles. The van der Waals surface area contributed by atoms with Gasteiger partial charge in [-0.15, -0.1) is 0 Å². The molecule has 6 aliphatic carbocycles. The van der Waals surface area contributed by atoms with E-state index in [4.69, 9.17) is 0 Å². The molecule has 0 saturated heterocycles. The van der Waals surface area contributed by atoms with E-state index in [0.29, 0.717) is 10.8 Å². The molecule has 2 heteroatoms. The van der Waals surface area contributed by atoms with Gasteiger partial charge < -0.3 is 9.13 Å². The van der Waals surface area contributed by atoms with Gasteiger partial charge in [-0.1, -0.05) is 84.9 Å². The van der Waals surface area contributed by atoms with Crippen LogP contribution in [0.2, 0.25) is 0 Å². The van der Waals surface area contributed by atoms with Crippen molar-refractivity contribution in [3.05, 3.63) is 157 Å². The summed E-state index contributed by atoms with van der Waals surface area (Å²) < 4.78 is 4.90. The van der Waals surface area contributed by atoms with E-state index in [1.165, 1.54) is 55.0 Å². The van der Waals surface area contributed by atoms with Gasteiger partial charge >= 0.3 is 0 Å². The number of hydrogen-bond donors (Lipinski definition) is 0. The zero-order valence-corrected chi connectivity index (χ0v) is 25.2. The lowest BCUT2D eigenvalue weighted by molar-refractivity contribution is -0.596. The van der Waals surface area contributed by atoms with Gasteiger partial charge in [0.2, 0.25) is 0 Å². The van der Waals surface area contributed by atoms with Gasteiger partial charge in [-0.05, 0) is 107 Å². The third-order valence-corrected chi connectivity index (χ3v) is 14.0. The van der Waals surface area contributed by atoms with Crippen LogP contribution in [0.4, 0.5) is 0 Å². The van der Waals surface area contributed by atoms with Crippen molar-refractivity contribution in [3.63, 3.8) is 0 Å². The maximum atomic E-state index is 2.61. The molecule has 0 bridgehead atoms. The van der Waals surface area contributed by atoms with E-state index in [1.807, 2.05) is 0 Å². The number of fused-ring (bicyclic) bond motifs is 6. The molecule has 0 atom stereocenters. The summed E-state index contributed by atoms with van der Waals surface area (Å²) in [6.07, 6.45) is 0. The van der Waals surface area contributed by atoms with E-state index >= 15 is 0 Å². The largest absolute Gasteiger partial charge is 0.309 e. The standard InChI is InChI=1S/C44H30N2/c1-3-11-27(12-4-1)45-33-17-9-7-15-29(33)31-23-25(19-21-35(31)45)43-37-40-38(43)42-39(43)41(37)44(40,42)26-20-22-36-32(24-26)30-16-8-10-18-34(30)46(36)28-13-5-2-6-14-28/h1-24,37-42H. The normalized spacial score (nSPS) is 32.1. The predicted octanol–water partition coefficient (Wildman–Crippen LogP) is 9.82. The number of nitrogens with zero attached hydrogens (tertiary/aromatic N) is 2. The van der Waals surface area contributed by atoms with Crippen molar-refractivity contribution in [1.29, 1.82) is 0 Å². The third-order valence-electron chi connectivity index (χ3n) is 14.0. The monoisotopic (exact) mass is 586 g/mol. The molecule has 46 heavy (non-hydrogen) atoms. The maximum absolute atomic E-state index is 2.61. The molecule has 2 nitrogen and oxygen atoms in total. The second-order valence-electron chi connectivity index (χ2n) is 14.9. The fourth-order valence-electron chi connectivity index (χ4n) is 12.9. The molecule has 6 fully saturated rings. The topological polar surface area (TPSA) is 9.86 Å².